The third-order valence-corrected chi connectivity index (χ3v) is 6.27. The maximum absolute atomic E-state index is 13.6. The largest absolute Gasteiger partial charge is 0.350 e. The van der Waals surface area contributed by atoms with Gasteiger partial charge in [-0.3, -0.25) is 14.6 Å². The Hall–Kier alpha value is -3.13. The average Bonchev–Trinajstić information content (AvgIpc) is 3.34. The first kappa shape index (κ1) is 19.2. The van der Waals surface area contributed by atoms with Crippen LogP contribution in [-0.4, -0.2) is 58.7 Å². The maximum Gasteiger partial charge on any atom is 0.270 e. The fourth-order valence-electron chi connectivity index (χ4n) is 3.59. The van der Waals surface area contributed by atoms with Gasteiger partial charge in [-0.15, -0.1) is 0 Å². The number of H-pyrrole nitrogens is 1. The van der Waals surface area contributed by atoms with Crippen molar-refractivity contribution in [2.75, 3.05) is 24.2 Å². The van der Waals surface area contributed by atoms with Crippen LogP contribution in [0.15, 0.2) is 48.8 Å². The predicted octanol–water partition coefficient (Wildman–Crippen LogP) is 2.80. The molecule has 2 aromatic heterocycles. The molecule has 0 radical (unpaired) electrons. The van der Waals surface area contributed by atoms with Crippen molar-refractivity contribution in [2.45, 2.75) is 6.04 Å². The number of aromatic amines is 1. The van der Waals surface area contributed by atoms with E-state index < -0.39 is 12.0 Å². The summed E-state index contributed by atoms with van der Waals surface area (Å²) in [6.07, 6.45) is 4.13. The normalized spacial score (nSPS) is 18.8. The van der Waals surface area contributed by atoms with Gasteiger partial charge in [0.2, 0.25) is 0 Å². The Morgan fingerprint density at radius 1 is 1.24 bits per heavy atom. The molecule has 1 N–H and O–H groups in total. The predicted molar refractivity (Wildman–Crippen MR) is 113 cm³/mol. The minimum absolute atomic E-state index is 0.205. The molecule has 0 saturated carbocycles. The average molecular weight is 408 g/mol. The molecule has 148 valence electrons. The van der Waals surface area contributed by atoms with Gasteiger partial charge >= 0.3 is 0 Å². The highest BCUT2D eigenvalue weighted by molar-refractivity contribution is 8.01. The van der Waals surface area contributed by atoms with Crippen LogP contribution < -0.4 is 4.31 Å². The highest BCUT2D eigenvalue weighted by Crippen LogP contribution is 2.38. The van der Waals surface area contributed by atoms with Crippen molar-refractivity contribution in [3.05, 3.63) is 60.0 Å². The molecule has 0 bridgehead atoms. The highest BCUT2D eigenvalue weighted by atomic mass is 32.2. The van der Waals surface area contributed by atoms with Crippen LogP contribution in [0.25, 0.3) is 10.9 Å². The van der Waals surface area contributed by atoms with Crippen LogP contribution in [0.5, 0.6) is 0 Å². The molecule has 4 rings (SSSR count). The van der Waals surface area contributed by atoms with Gasteiger partial charge in [0, 0.05) is 36.9 Å². The number of fused-ring (bicyclic) bond motifs is 1. The number of hydrogen-bond acceptors (Lipinski definition) is 6. The lowest BCUT2D eigenvalue weighted by molar-refractivity contribution is -0.109. The molecule has 3 heterocycles. The van der Waals surface area contributed by atoms with E-state index in [1.54, 1.807) is 32.6 Å². The lowest BCUT2D eigenvalue weighted by atomic mass is 9.91. The van der Waals surface area contributed by atoms with Gasteiger partial charge in [-0.25, -0.2) is 0 Å². The molecule has 1 unspecified atom stereocenters. The number of pyridine rings is 1. The van der Waals surface area contributed by atoms with E-state index in [0.717, 1.165) is 17.5 Å². The molecule has 0 spiro atoms. The number of rotatable bonds is 5. The number of carbonyl (C=O) groups is 3. The van der Waals surface area contributed by atoms with E-state index in [1.807, 2.05) is 34.6 Å². The molecular formula is C21H20N4O3S. The van der Waals surface area contributed by atoms with Gasteiger partial charge in [-0.2, -0.15) is 0 Å². The number of aldehydes is 1. The maximum atomic E-state index is 13.6. The Morgan fingerprint density at radius 2 is 2.03 bits per heavy atom. The summed E-state index contributed by atoms with van der Waals surface area (Å²) >= 11 is 1.42. The number of amides is 1. The topological polar surface area (TPSA) is 86.4 Å². The Labute approximate surface area is 172 Å². The van der Waals surface area contributed by atoms with Crippen molar-refractivity contribution >= 4 is 46.5 Å². The fourth-order valence-corrected chi connectivity index (χ4v) is 4.88. The summed E-state index contributed by atoms with van der Waals surface area (Å²) in [5, 5.41) is 0.692. The number of nitrogens with zero attached hydrogens (tertiary/aromatic N) is 3. The van der Waals surface area contributed by atoms with Crippen LogP contribution in [0.2, 0.25) is 0 Å². The van der Waals surface area contributed by atoms with Crippen LogP contribution in [0.3, 0.4) is 0 Å². The van der Waals surface area contributed by atoms with E-state index in [4.69, 9.17) is 0 Å². The Kier molecular flexibility index (Phi) is 5.10. The number of nitrogens with one attached hydrogen (secondary N) is 1. The van der Waals surface area contributed by atoms with E-state index in [9.17, 15) is 14.4 Å². The minimum Gasteiger partial charge on any atom is -0.350 e. The molecule has 2 atom stereocenters. The number of ketones is 1. The van der Waals surface area contributed by atoms with Crippen LogP contribution in [0, 0.1) is 5.92 Å². The van der Waals surface area contributed by atoms with E-state index in [1.165, 1.54) is 16.8 Å². The minimum atomic E-state index is -0.632. The summed E-state index contributed by atoms with van der Waals surface area (Å²) in [5.74, 6) is -0.595. The third kappa shape index (κ3) is 3.29. The Morgan fingerprint density at radius 3 is 2.72 bits per heavy atom. The van der Waals surface area contributed by atoms with Crippen LogP contribution in [-0.2, 0) is 4.79 Å². The number of carbonyl (C=O) groups excluding carboxylic acids is 3. The number of Topliss-reactive ketones (excluding diaryl/α,β-unsaturated/α-hetero) is 1. The number of aromatic nitrogens is 2. The quantitative estimate of drug-likeness (QED) is 0.397. The monoisotopic (exact) mass is 408 g/mol. The van der Waals surface area contributed by atoms with Gasteiger partial charge in [-0.05, 0) is 30.1 Å². The zero-order chi connectivity index (χ0) is 20.5. The van der Waals surface area contributed by atoms with Gasteiger partial charge in [-0.1, -0.05) is 18.2 Å². The van der Waals surface area contributed by atoms with Crippen LogP contribution in [0.4, 0.5) is 5.69 Å². The van der Waals surface area contributed by atoms with E-state index >= 15 is 0 Å². The molecule has 1 amide bonds. The van der Waals surface area contributed by atoms with Crippen LogP contribution >= 0.6 is 11.9 Å². The number of hydrogen-bond donors (Lipinski definition) is 1. The van der Waals surface area contributed by atoms with Gasteiger partial charge in [0.05, 0.1) is 23.4 Å². The highest BCUT2D eigenvalue weighted by Gasteiger charge is 2.42. The van der Waals surface area contributed by atoms with Crippen molar-refractivity contribution < 1.29 is 14.4 Å². The molecule has 7 nitrogen and oxygen atoms in total. The summed E-state index contributed by atoms with van der Waals surface area (Å²) in [6.45, 7) is 0. The smallest absolute Gasteiger partial charge is 0.270 e. The van der Waals surface area contributed by atoms with Gasteiger partial charge in [0.1, 0.15) is 18.0 Å². The fraction of sp³-hybridized carbons (Fsp3) is 0.238. The summed E-state index contributed by atoms with van der Waals surface area (Å²) in [4.78, 5) is 46.9. The molecule has 29 heavy (non-hydrogen) atoms. The lowest BCUT2D eigenvalue weighted by Gasteiger charge is -2.23. The van der Waals surface area contributed by atoms with Crippen molar-refractivity contribution in [1.82, 2.24) is 14.9 Å². The molecule has 1 fully saturated rings. The molecule has 1 aromatic carbocycles. The molecule has 8 heteroatoms. The summed E-state index contributed by atoms with van der Waals surface area (Å²) in [7, 11) is 3.29. The molecule has 1 aliphatic rings. The molecule has 0 aliphatic carbocycles. The Balaban J connectivity index is 1.76. The summed E-state index contributed by atoms with van der Waals surface area (Å²) < 4.78 is 1.82. The molecular weight excluding hydrogens is 388 g/mol. The van der Waals surface area contributed by atoms with Crippen molar-refractivity contribution in [3.63, 3.8) is 0 Å². The first-order valence-electron chi connectivity index (χ1n) is 9.17. The van der Waals surface area contributed by atoms with Crippen molar-refractivity contribution in [2.24, 2.45) is 5.92 Å². The van der Waals surface area contributed by atoms with Gasteiger partial charge < -0.3 is 19.0 Å². The zero-order valence-corrected chi connectivity index (χ0v) is 16.8. The van der Waals surface area contributed by atoms with Gasteiger partial charge in [0.15, 0.2) is 5.78 Å². The number of anilines is 1. The van der Waals surface area contributed by atoms with Crippen LogP contribution in [0.1, 0.15) is 20.8 Å². The van der Waals surface area contributed by atoms with E-state index in [2.05, 4.69) is 9.97 Å². The second kappa shape index (κ2) is 7.71. The van der Waals surface area contributed by atoms with E-state index in [-0.39, 0.29) is 17.4 Å². The van der Waals surface area contributed by atoms with Crippen molar-refractivity contribution in [3.8, 4) is 0 Å². The molecule has 1 saturated heterocycles. The Bertz CT molecular complexity index is 1080. The second-order valence-electron chi connectivity index (χ2n) is 7.05. The second-order valence-corrected chi connectivity index (χ2v) is 8.04. The molecule has 1 aliphatic heterocycles. The van der Waals surface area contributed by atoms with Crippen molar-refractivity contribution in [1.29, 1.82) is 0 Å². The lowest BCUT2D eigenvalue weighted by Crippen LogP contribution is -2.36. The standard InChI is InChI=1S/C21H20N4O3S/c1-24(2)21(28)19-18(14-7-3-4-8-16(14)23-19)20(27)15-12-29-25(17(15)11-26)13-6-5-9-22-10-13/h3-11,15,17,23H,12H2,1-2H3/t15?,17-/m1/s1. The van der Waals surface area contributed by atoms with Gasteiger partial charge in [0.25, 0.3) is 5.91 Å². The third-order valence-electron chi connectivity index (χ3n) is 5.03. The van der Waals surface area contributed by atoms with E-state index in [0.29, 0.717) is 16.7 Å². The summed E-state index contributed by atoms with van der Waals surface area (Å²) in [5.41, 5.74) is 2.10. The zero-order valence-electron chi connectivity index (χ0n) is 16.0. The molecule has 3 aromatic rings. The SMILES string of the molecule is CN(C)C(=O)c1[nH]c2ccccc2c1C(=O)C1CSN(c2cccnc2)[C@@H]1C=O. The first-order chi connectivity index (χ1) is 14.0. The number of benzene rings is 1. The first-order valence-corrected chi connectivity index (χ1v) is 10.1. The summed E-state index contributed by atoms with van der Waals surface area (Å²) in [6, 6.07) is 10.4. The number of para-hydroxylation sites is 1.